The van der Waals surface area contributed by atoms with E-state index in [0.29, 0.717) is 5.75 Å². The van der Waals surface area contributed by atoms with Gasteiger partial charge < -0.3 is 19.6 Å². The van der Waals surface area contributed by atoms with Gasteiger partial charge in [0.15, 0.2) is 17.2 Å². The molecule has 3 aromatic rings. The Hall–Kier alpha value is -3.53. The standard InChI is InChI=1S/C17H14N2O7S/c1-27(23,24)19-12-8-13-11(16(21)15(18-9-20)17(22)26-13)7-14(12)25-10-5-3-2-4-6-10/h2-9,19,21H,1H3,(H,18,20). The molecule has 0 bridgehead atoms. The number of hydrogen-bond donors (Lipinski definition) is 3. The predicted molar refractivity (Wildman–Crippen MR) is 98.8 cm³/mol. The second kappa shape index (κ2) is 7.00. The van der Waals surface area contributed by atoms with Crippen molar-refractivity contribution in [3.8, 4) is 17.2 Å². The third-order valence-corrected chi connectivity index (χ3v) is 4.04. The minimum absolute atomic E-state index is 0.00694. The highest BCUT2D eigenvalue weighted by molar-refractivity contribution is 7.92. The van der Waals surface area contributed by atoms with Gasteiger partial charge in [0.2, 0.25) is 16.4 Å². The van der Waals surface area contributed by atoms with Crippen LogP contribution in [0, 0.1) is 0 Å². The molecule has 27 heavy (non-hydrogen) atoms. The molecular formula is C17H14N2O7S. The second-order valence-corrected chi connectivity index (χ2v) is 7.26. The molecule has 3 N–H and O–H groups in total. The molecule has 0 saturated carbocycles. The lowest BCUT2D eigenvalue weighted by atomic mass is 10.1. The van der Waals surface area contributed by atoms with Crippen LogP contribution >= 0.6 is 0 Å². The van der Waals surface area contributed by atoms with Crippen LogP contribution in [0.2, 0.25) is 0 Å². The number of benzene rings is 2. The van der Waals surface area contributed by atoms with Gasteiger partial charge in [0.25, 0.3) is 0 Å². The van der Waals surface area contributed by atoms with E-state index in [4.69, 9.17) is 9.15 Å². The van der Waals surface area contributed by atoms with E-state index in [1.807, 2.05) is 0 Å². The molecule has 10 heteroatoms. The smallest absolute Gasteiger partial charge is 0.364 e. The van der Waals surface area contributed by atoms with Gasteiger partial charge >= 0.3 is 5.63 Å². The van der Waals surface area contributed by atoms with Gasteiger partial charge in [-0.15, -0.1) is 0 Å². The molecule has 0 aliphatic carbocycles. The largest absolute Gasteiger partial charge is 0.505 e. The van der Waals surface area contributed by atoms with Crippen LogP contribution in [-0.2, 0) is 14.8 Å². The summed E-state index contributed by atoms with van der Waals surface area (Å²) in [6, 6.07) is 11.0. The fourth-order valence-corrected chi connectivity index (χ4v) is 2.94. The number of anilines is 2. The van der Waals surface area contributed by atoms with Crippen molar-refractivity contribution in [1.29, 1.82) is 0 Å². The van der Waals surface area contributed by atoms with Crippen LogP contribution in [-0.4, -0.2) is 26.2 Å². The molecule has 0 saturated heterocycles. The molecule has 140 valence electrons. The van der Waals surface area contributed by atoms with Crippen LogP contribution < -0.4 is 20.4 Å². The number of rotatable bonds is 6. The average Bonchev–Trinajstić information content (AvgIpc) is 2.59. The minimum atomic E-state index is -3.67. The molecule has 0 aliphatic rings. The Morgan fingerprint density at radius 3 is 2.52 bits per heavy atom. The van der Waals surface area contributed by atoms with Gasteiger partial charge in [-0.05, 0) is 18.2 Å². The topological polar surface area (TPSA) is 135 Å². The third-order valence-electron chi connectivity index (χ3n) is 3.45. The number of sulfonamides is 1. The quantitative estimate of drug-likeness (QED) is 0.434. The molecule has 2 aromatic carbocycles. The Bertz CT molecular complexity index is 1170. The lowest BCUT2D eigenvalue weighted by Crippen LogP contribution is -2.12. The van der Waals surface area contributed by atoms with Gasteiger partial charge in [0, 0.05) is 6.07 Å². The molecular weight excluding hydrogens is 376 g/mol. The van der Waals surface area contributed by atoms with Crippen molar-refractivity contribution in [2.45, 2.75) is 0 Å². The van der Waals surface area contributed by atoms with Crippen LogP contribution in [0.4, 0.5) is 11.4 Å². The van der Waals surface area contributed by atoms with Crippen molar-refractivity contribution < 1.29 is 27.5 Å². The van der Waals surface area contributed by atoms with E-state index in [-0.39, 0.29) is 28.8 Å². The van der Waals surface area contributed by atoms with Gasteiger partial charge in [-0.25, -0.2) is 13.2 Å². The summed E-state index contributed by atoms with van der Waals surface area (Å²) in [5, 5.41) is 12.4. The van der Waals surface area contributed by atoms with Gasteiger partial charge in [0.1, 0.15) is 11.3 Å². The van der Waals surface area contributed by atoms with Crippen LogP contribution in [0.5, 0.6) is 17.2 Å². The Morgan fingerprint density at radius 2 is 1.89 bits per heavy atom. The molecule has 0 radical (unpaired) electrons. The van der Waals surface area contributed by atoms with Crippen molar-refractivity contribution in [3.05, 3.63) is 52.9 Å². The van der Waals surface area contributed by atoms with E-state index < -0.39 is 27.1 Å². The Morgan fingerprint density at radius 1 is 1.19 bits per heavy atom. The van der Waals surface area contributed by atoms with Gasteiger partial charge in [-0.3, -0.25) is 9.52 Å². The van der Waals surface area contributed by atoms with Crippen LogP contribution in [0.15, 0.2) is 51.7 Å². The Labute approximate surface area is 153 Å². The van der Waals surface area contributed by atoms with Gasteiger partial charge in [-0.1, -0.05) is 18.2 Å². The summed E-state index contributed by atoms with van der Waals surface area (Å²) in [5.41, 5.74) is -1.52. The SMILES string of the molecule is CS(=O)(=O)Nc1cc2oc(=O)c(NC=O)c(O)c2cc1Oc1ccccc1. The summed E-state index contributed by atoms with van der Waals surface area (Å²) < 4.78 is 36.3. The predicted octanol–water partition coefficient (Wildman–Crippen LogP) is 2.23. The first-order valence-corrected chi connectivity index (χ1v) is 9.42. The first-order valence-electron chi connectivity index (χ1n) is 7.53. The lowest BCUT2D eigenvalue weighted by Gasteiger charge is -2.14. The lowest BCUT2D eigenvalue weighted by molar-refractivity contribution is -0.105. The highest BCUT2D eigenvalue weighted by atomic mass is 32.2. The summed E-state index contributed by atoms with van der Waals surface area (Å²) in [5.74, 6) is -0.0611. The van der Waals surface area contributed by atoms with Crippen molar-refractivity contribution >= 4 is 38.8 Å². The van der Waals surface area contributed by atoms with E-state index in [1.165, 1.54) is 12.1 Å². The van der Waals surface area contributed by atoms with Crippen molar-refractivity contribution in [1.82, 2.24) is 0 Å². The highest BCUT2D eigenvalue weighted by Crippen LogP contribution is 2.38. The molecule has 9 nitrogen and oxygen atoms in total. The Balaban J connectivity index is 2.24. The number of amides is 1. The van der Waals surface area contributed by atoms with Gasteiger partial charge in [-0.2, -0.15) is 0 Å². The highest BCUT2D eigenvalue weighted by Gasteiger charge is 2.19. The number of carbonyl (C=O) groups is 1. The van der Waals surface area contributed by atoms with Crippen LogP contribution in [0.1, 0.15) is 0 Å². The van der Waals surface area contributed by atoms with E-state index in [2.05, 4.69) is 10.0 Å². The summed E-state index contributed by atoms with van der Waals surface area (Å²) in [7, 11) is -3.67. The minimum Gasteiger partial charge on any atom is -0.505 e. The molecule has 0 fully saturated rings. The second-order valence-electron chi connectivity index (χ2n) is 5.51. The normalized spacial score (nSPS) is 11.1. The number of nitrogens with one attached hydrogen (secondary N) is 2. The van der Waals surface area contributed by atoms with Crippen LogP contribution in [0.3, 0.4) is 0 Å². The summed E-state index contributed by atoms with van der Waals surface area (Å²) in [4.78, 5) is 22.5. The molecule has 1 heterocycles. The van der Waals surface area contributed by atoms with Crippen LogP contribution in [0.25, 0.3) is 11.0 Å². The fraction of sp³-hybridized carbons (Fsp3) is 0.0588. The number of para-hydroxylation sites is 1. The summed E-state index contributed by atoms with van der Waals surface area (Å²) in [6.45, 7) is 0. The number of fused-ring (bicyclic) bond motifs is 1. The maximum Gasteiger partial charge on any atom is 0.364 e. The molecule has 0 aliphatic heterocycles. The number of aromatic hydroxyl groups is 1. The Kier molecular flexibility index (Phi) is 4.74. The van der Waals surface area contributed by atoms with E-state index in [1.54, 1.807) is 30.3 Å². The summed E-state index contributed by atoms with van der Waals surface area (Å²) in [6.07, 6.45) is 1.17. The average molecular weight is 390 g/mol. The maximum absolute atomic E-state index is 11.9. The molecule has 0 spiro atoms. The molecule has 1 aromatic heterocycles. The summed E-state index contributed by atoms with van der Waals surface area (Å²) >= 11 is 0. The molecule has 0 unspecified atom stereocenters. The first-order chi connectivity index (χ1) is 12.8. The van der Waals surface area contributed by atoms with E-state index in [9.17, 15) is 23.1 Å². The maximum atomic E-state index is 11.9. The third kappa shape index (κ3) is 4.01. The zero-order valence-electron chi connectivity index (χ0n) is 13.9. The van der Waals surface area contributed by atoms with Gasteiger partial charge in [0.05, 0.1) is 17.3 Å². The fourth-order valence-electron chi connectivity index (χ4n) is 2.38. The number of hydrogen-bond acceptors (Lipinski definition) is 7. The van der Waals surface area contributed by atoms with E-state index in [0.717, 1.165) is 6.26 Å². The zero-order chi connectivity index (χ0) is 19.6. The van der Waals surface area contributed by atoms with Crippen molar-refractivity contribution in [3.63, 3.8) is 0 Å². The molecule has 0 atom stereocenters. The molecule has 1 amide bonds. The monoisotopic (exact) mass is 390 g/mol. The zero-order valence-corrected chi connectivity index (χ0v) is 14.7. The van der Waals surface area contributed by atoms with Crippen molar-refractivity contribution in [2.75, 3.05) is 16.3 Å². The number of carbonyl (C=O) groups excluding carboxylic acids is 1. The first kappa shape index (κ1) is 18.3. The number of ether oxygens (including phenoxy) is 1. The molecule has 3 rings (SSSR count). The van der Waals surface area contributed by atoms with Crippen molar-refractivity contribution in [2.24, 2.45) is 0 Å². The van der Waals surface area contributed by atoms with E-state index >= 15 is 0 Å².